The molecular formula is C14H20N4O. The molecule has 0 N–H and O–H groups in total. The Hall–Kier alpha value is -1.41. The van der Waals surface area contributed by atoms with Crippen LogP contribution in [0, 0.1) is 11.3 Å². The van der Waals surface area contributed by atoms with Gasteiger partial charge in [0, 0.05) is 12.5 Å². The average molecular weight is 260 g/mol. The lowest BCUT2D eigenvalue weighted by Crippen LogP contribution is -2.19. The normalized spacial score (nSPS) is 23.8. The molecule has 2 fully saturated rings. The molecule has 0 aromatic carbocycles. The SMILES string of the molecule is N#CCc1nnn(CC2CCCO2)c1C1CCCC1. The van der Waals surface area contributed by atoms with Gasteiger partial charge in [-0.05, 0) is 25.7 Å². The second-order valence-electron chi connectivity index (χ2n) is 5.55. The molecule has 1 aromatic rings. The van der Waals surface area contributed by atoms with Crippen molar-refractivity contribution in [1.29, 1.82) is 5.26 Å². The number of ether oxygens (including phenoxy) is 1. The third-order valence-electron chi connectivity index (χ3n) is 4.24. The van der Waals surface area contributed by atoms with E-state index >= 15 is 0 Å². The van der Waals surface area contributed by atoms with E-state index in [9.17, 15) is 0 Å². The van der Waals surface area contributed by atoms with Gasteiger partial charge in [0.1, 0.15) is 5.69 Å². The molecular weight excluding hydrogens is 240 g/mol. The van der Waals surface area contributed by atoms with Crippen LogP contribution in [-0.4, -0.2) is 27.7 Å². The third-order valence-corrected chi connectivity index (χ3v) is 4.24. The minimum Gasteiger partial charge on any atom is -0.376 e. The Kier molecular flexibility index (Phi) is 3.79. The molecule has 1 saturated carbocycles. The van der Waals surface area contributed by atoms with Crippen LogP contribution in [0.25, 0.3) is 0 Å². The third kappa shape index (κ3) is 2.64. The molecule has 1 atom stereocenters. The number of aromatic nitrogens is 3. The first-order valence-electron chi connectivity index (χ1n) is 7.29. The molecule has 102 valence electrons. The van der Waals surface area contributed by atoms with Crippen molar-refractivity contribution in [2.45, 2.75) is 63.5 Å². The van der Waals surface area contributed by atoms with E-state index in [2.05, 4.69) is 16.4 Å². The molecule has 1 saturated heterocycles. The zero-order valence-corrected chi connectivity index (χ0v) is 11.2. The van der Waals surface area contributed by atoms with Crippen LogP contribution in [0.15, 0.2) is 0 Å². The minimum absolute atomic E-state index is 0.275. The van der Waals surface area contributed by atoms with Crippen molar-refractivity contribution in [2.24, 2.45) is 0 Å². The summed E-state index contributed by atoms with van der Waals surface area (Å²) in [6.45, 7) is 1.66. The second kappa shape index (κ2) is 5.70. The lowest BCUT2D eigenvalue weighted by molar-refractivity contribution is 0.0924. The molecule has 0 amide bonds. The molecule has 1 aromatic heterocycles. The average Bonchev–Trinajstić information content (AvgIpc) is 3.11. The zero-order valence-electron chi connectivity index (χ0n) is 11.2. The van der Waals surface area contributed by atoms with Gasteiger partial charge in [0.05, 0.1) is 30.8 Å². The molecule has 2 aliphatic rings. The van der Waals surface area contributed by atoms with Crippen molar-refractivity contribution in [3.05, 3.63) is 11.4 Å². The van der Waals surface area contributed by atoms with Crippen molar-refractivity contribution < 1.29 is 4.74 Å². The van der Waals surface area contributed by atoms with Gasteiger partial charge in [0.2, 0.25) is 0 Å². The van der Waals surface area contributed by atoms with Crippen LogP contribution < -0.4 is 0 Å². The summed E-state index contributed by atoms with van der Waals surface area (Å²) in [6, 6.07) is 2.21. The van der Waals surface area contributed by atoms with Gasteiger partial charge in [-0.15, -0.1) is 5.10 Å². The summed E-state index contributed by atoms with van der Waals surface area (Å²) in [7, 11) is 0. The number of nitrogens with zero attached hydrogens (tertiary/aromatic N) is 4. The predicted octanol–water partition coefficient (Wildman–Crippen LogP) is 2.18. The van der Waals surface area contributed by atoms with Gasteiger partial charge in [-0.25, -0.2) is 4.68 Å². The second-order valence-corrected chi connectivity index (χ2v) is 5.55. The van der Waals surface area contributed by atoms with E-state index < -0.39 is 0 Å². The molecule has 3 rings (SSSR count). The summed E-state index contributed by atoms with van der Waals surface area (Å²) < 4.78 is 7.70. The lowest BCUT2D eigenvalue weighted by Gasteiger charge is -2.15. The first kappa shape index (κ1) is 12.6. The van der Waals surface area contributed by atoms with Gasteiger partial charge < -0.3 is 4.74 Å². The van der Waals surface area contributed by atoms with Crippen LogP contribution in [0.1, 0.15) is 55.8 Å². The fourth-order valence-corrected chi connectivity index (χ4v) is 3.32. The summed E-state index contributed by atoms with van der Waals surface area (Å²) in [6.07, 6.45) is 7.87. The highest BCUT2D eigenvalue weighted by Gasteiger charge is 2.27. The van der Waals surface area contributed by atoms with Crippen LogP contribution in [0.5, 0.6) is 0 Å². The number of hydrogen-bond acceptors (Lipinski definition) is 4. The van der Waals surface area contributed by atoms with Crippen LogP contribution >= 0.6 is 0 Å². The van der Waals surface area contributed by atoms with Crippen molar-refractivity contribution in [2.75, 3.05) is 6.61 Å². The Bertz CT molecular complexity index is 464. The summed E-state index contributed by atoms with van der Waals surface area (Å²) >= 11 is 0. The van der Waals surface area contributed by atoms with Crippen LogP contribution in [0.3, 0.4) is 0 Å². The van der Waals surface area contributed by atoms with Gasteiger partial charge >= 0.3 is 0 Å². The van der Waals surface area contributed by atoms with Crippen LogP contribution in [0.2, 0.25) is 0 Å². The molecule has 2 heterocycles. The van der Waals surface area contributed by atoms with E-state index in [1.165, 1.54) is 31.4 Å². The first-order chi connectivity index (χ1) is 9.38. The monoisotopic (exact) mass is 260 g/mol. The highest BCUT2D eigenvalue weighted by molar-refractivity contribution is 5.20. The van der Waals surface area contributed by atoms with E-state index in [1.54, 1.807) is 0 Å². The highest BCUT2D eigenvalue weighted by Crippen LogP contribution is 2.35. The largest absolute Gasteiger partial charge is 0.376 e. The lowest BCUT2D eigenvalue weighted by atomic mass is 10.0. The number of hydrogen-bond donors (Lipinski definition) is 0. The van der Waals surface area contributed by atoms with Gasteiger partial charge in [0.25, 0.3) is 0 Å². The van der Waals surface area contributed by atoms with Gasteiger partial charge in [-0.2, -0.15) is 5.26 Å². The van der Waals surface area contributed by atoms with Gasteiger partial charge in [-0.1, -0.05) is 18.1 Å². The maximum absolute atomic E-state index is 8.93. The van der Waals surface area contributed by atoms with E-state index in [-0.39, 0.29) is 6.10 Å². The standard InChI is InChI=1S/C14H20N4O/c15-8-7-13-14(11-4-1-2-5-11)18(17-16-13)10-12-6-3-9-19-12/h11-12H,1-7,9-10H2. The molecule has 5 nitrogen and oxygen atoms in total. The summed E-state index contributed by atoms with van der Waals surface area (Å²) in [4.78, 5) is 0. The van der Waals surface area contributed by atoms with Crippen LogP contribution in [-0.2, 0) is 17.7 Å². The number of nitriles is 1. The molecule has 0 bridgehead atoms. The van der Waals surface area contributed by atoms with E-state index in [0.717, 1.165) is 31.7 Å². The molecule has 0 spiro atoms. The van der Waals surface area contributed by atoms with Crippen molar-refractivity contribution in [3.8, 4) is 6.07 Å². The smallest absolute Gasteiger partial charge is 0.100 e. The maximum Gasteiger partial charge on any atom is 0.100 e. The fraction of sp³-hybridized carbons (Fsp3) is 0.786. The molecule has 19 heavy (non-hydrogen) atoms. The zero-order chi connectivity index (χ0) is 13.1. The Balaban J connectivity index is 1.83. The summed E-state index contributed by atoms with van der Waals surface area (Å²) in [5.41, 5.74) is 2.09. The van der Waals surface area contributed by atoms with Gasteiger partial charge in [-0.3, -0.25) is 0 Å². The number of rotatable bonds is 4. The Morgan fingerprint density at radius 3 is 2.79 bits per heavy atom. The van der Waals surface area contributed by atoms with E-state index in [0.29, 0.717) is 12.3 Å². The van der Waals surface area contributed by atoms with Crippen LogP contribution in [0.4, 0.5) is 0 Å². The van der Waals surface area contributed by atoms with E-state index in [1.807, 2.05) is 4.68 Å². The fourth-order valence-electron chi connectivity index (χ4n) is 3.32. The van der Waals surface area contributed by atoms with E-state index in [4.69, 9.17) is 10.00 Å². The summed E-state index contributed by atoms with van der Waals surface area (Å²) in [5, 5.41) is 17.4. The maximum atomic E-state index is 8.93. The minimum atomic E-state index is 0.275. The highest BCUT2D eigenvalue weighted by atomic mass is 16.5. The van der Waals surface area contributed by atoms with Crippen molar-refractivity contribution in [3.63, 3.8) is 0 Å². The Morgan fingerprint density at radius 1 is 1.26 bits per heavy atom. The molecule has 1 aliphatic heterocycles. The topological polar surface area (TPSA) is 63.7 Å². The Labute approximate surface area is 113 Å². The molecule has 1 aliphatic carbocycles. The molecule has 5 heteroatoms. The molecule has 0 radical (unpaired) electrons. The Morgan fingerprint density at radius 2 is 2.11 bits per heavy atom. The quantitative estimate of drug-likeness (QED) is 0.832. The predicted molar refractivity (Wildman–Crippen MR) is 69.5 cm³/mol. The van der Waals surface area contributed by atoms with Crippen molar-refractivity contribution >= 4 is 0 Å². The molecule has 1 unspecified atom stereocenters. The summed E-state index contributed by atoms with van der Waals surface area (Å²) in [5.74, 6) is 0.541. The first-order valence-corrected chi connectivity index (χ1v) is 7.29. The van der Waals surface area contributed by atoms with Gasteiger partial charge in [0.15, 0.2) is 0 Å². The van der Waals surface area contributed by atoms with Crippen molar-refractivity contribution in [1.82, 2.24) is 15.0 Å².